The van der Waals surface area contributed by atoms with Crippen molar-refractivity contribution in [3.8, 4) is 11.3 Å². The van der Waals surface area contributed by atoms with Gasteiger partial charge >= 0.3 is 0 Å². The first-order valence-electron chi connectivity index (χ1n) is 10.9. The highest BCUT2D eigenvalue weighted by Gasteiger charge is 2.25. The molecule has 3 aromatic carbocycles. The minimum absolute atomic E-state index is 0.145. The molecule has 0 radical (unpaired) electrons. The van der Waals surface area contributed by atoms with Crippen molar-refractivity contribution in [1.29, 1.82) is 0 Å². The Labute approximate surface area is 204 Å². The summed E-state index contributed by atoms with van der Waals surface area (Å²) in [5.41, 5.74) is 4.09. The van der Waals surface area contributed by atoms with Gasteiger partial charge in [0.25, 0.3) is 5.91 Å². The van der Waals surface area contributed by atoms with Gasteiger partial charge in [-0.15, -0.1) is 0 Å². The SMILES string of the molecule is CN(C)c1c(CN(Cc2ccc(F)cc2)C(=O)c2ccc(Cl)cc2)c(-c2ccccc2)nn1C. The van der Waals surface area contributed by atoms with Crippen LogP contribution in [0.2, 0.25) is 5.02 Å². The summed E-state index contributed by atoms with van der Waals surface area (Å²) in [6.07, 6.45) is 0. The van der Waals surface area contributed by atoms with Crippen LogP contribution in [0.4, 0.5) is 10.2 Å². The summed E-state index contributed by atoms with van der Waals surface area (Å²) in [5.74, 6) is 0.452. The molecule has 0 unspecified atom stereocenters. The first-order valence-corrected chi connectivity index (χ1v) is 11.3. The molecule has 7 heteroatoms. The third-order valence-electron chi connectivity index (χ3n) is 5.60. The Morgan fingerprint density at radius 3 is 2.21 bits per heavy atom. The summed E-state index contributed by atoms with van der Waals surface area (Å²) in [6.45, 7) is 0.641. The molecule has 4 aromatic rings. The molecular formula is C27H26ClFN4O. The van der Waals surface area contributed by atoms with Crippen LogP contribution in [0.15, 0.2) is 78.9 Å². The van der Waals surface area contributed by atoms with Gasteiger partial charge in [-0.3, -0.25) is 9.48 Å². The molecule has 0 N–H and O–H groups in total. The Kier molecular flexibility index (Phi) is 6.98. The fourth-order valence-corrected chi connectivity index (χ4v) is 4.19. The van der Waals surface area contributed by atoms with Crippen LogP contribution in [0, 0.1) is 5.82 Å². The predicted octanol–water partition coefficient (Wildman–Crippen LogP) is 5.79. The van der Waals surface area contributed by atoms with Gasteiger partial charge in [-0.05, 0) is 42.0 Å². The lowest BCUT2D eigenvalue weighted by Gasteiger charge is -2.25. The van der Waals surface area contributed by atoms with Crippen molar-refractivity contribution >= 4 is 23.3 Å². The number of rotatable bonds is 7. The van der Waals surface area contributed by atoms with Crippen LogP contribution >= 0.6 is 11.6 Å². The summed E-state index contributed by atoms with van der Waals surface area (Å²) in [7, 11) is 5.82. The summed E-state index contributed by atoms with van der Waals surface area (Å²) in [4.78, 5) is 17.4. The molecule has 0 aliphatic heterocycles. The number of aromatic nitrogens is 2. The van der Waals surface area contributed by atoms with Gasteiger partial charge in [-0.2, -0.15) is 5.10 Å². The van der Waals surface area contributed by atoms with E-state index in [4.69, 9.17) is 16.7 Å². The van der Waals surface area contributed by atoms with Crippen molar-refractivity contribution in [2.75, 3.05) is 19.0 Å². The molecule has 0 saturated carbocycles. The Bertz CT molecular complexity index is 1270. The first kappa shape index (κ1) is 23.5. The van der Waals surface area contributed by atoms with Gasteiger partial charge in [-0.1, -0.05) is 54.1 Å². The van der Waals surface area contributed by atoms with E-state index in [2.05, 4.69) is 0 Å². The minimum Gasteiger partial charge on any atom is -0.363 e. The number of halogens is 2. The van der Waals surface area contributed by atoms with Crippen molar-refractivity contribution in [2.24, 2.45) is 7.05 Å². The molecule has 174 valence electrons. The second-order valence-electron chi connectivity index (χ2n) is 8.33. The Hall–Kier alpha value is -3.64. The van der Waals surface area contributed by atoms with Gasteiger partial charge in [0.2, 0.25) is 0 Å². The average molecular weight is 477 g/mol. The van der Waals surface area contributed by atoms with Crippen LogP contribution < -0.4 is 4.90 Å². The highest BCUT2D eigenvalue weighted by Crippen LogP contribution is 2.32. The lowest BCUT2D eigenvalue weighted by molar-refractivity contribution is 0.0730. The third-order valence-corrected chi connectivity index (χ3v) is 5.85. The smallest absolute Gasteiger partial charge is 0.254 e. The monoisotopic (exact) mass is 476 g/mol. The van der Waals surface area contributed by atoms with Crippen LogP contribution in [0.25, 0.3) is 11.3 Å². The van der Waals surface area contributed by atoms with Gasteiger partial charge in [0.05, 0.1) is 12.2 Å². The van der Waals surface area contributed by atoms with E-state index in [1.165, 1.54) is 12.1 Å². The van der Waals surface area contributed by atoms with E-state index in [1.54, 1.807) is 41.3 Å². The highest BCUT2D eigenvalue weighted by molar-refractivity contribution is 6.30. The van der Waals surface area contributed by atoms with Crippen molar-refractivity contribution in [3.05, 3.63) is 106 Å². The standard InChI is InChI=1S/C27H26ClFN4O/c1-31(2)26-24(25(30-32(26)3)20-7-5-4-6-8-20)18-33(17-19-9-15-23(29)16-10-19)27(34)21-11-13-22(28)14-12-21/h4-16H,17-18H2,1-3H3. The average Bonchev–Trinajstić information content (AvgIpc) is 3.16. The maximum atomic E-state index is 13.6. The zero-order valence-electron chi connectivity index (χ0n) is 19.4. The number of amides is 1. The molecule has 1 aromatic heterocycles. The molecule has 0 saturated heterocycles. The minimum atomic E-state index is -0.312. The maximum Gasteiger partial charge on any atom is 0.254 e. The molecule has 0 aliphatic carbocycles. The Morgan fingerprint density at radius 1 is 0.941 bits per heavy atom. The van der Waals surface area contributed by atoms with Crippen molar-refractivity contribution in [1.82, 2.24) is 14.7 Å². The van der Waals surface area contributed by atoms with E-state index >= 15 is 0 Å². The third kappa shape index (κ3) is 5.13. The van der Waals surface area contributed by atoms with Crippen molar-refractivity contribution in [2.45, 2.75) is 13.1 Å². The number of benzene rings is 3. The number of aryl methyl sites for hydroxylation is 1. The van der Waals surface area contributed by atoms with Gasteiger partial charge < -0.3 is 9.80 Å². The molecular weight excluding hydrogens is 451 g/mol. The zero-order valence-corrected chi connectivity index (χ0v) is 20.1. The second kappa shape index (κ2) is 10.1. The van der Waals surface area contributed by atoms with E-state index in [-0.39, 0.29) is 11.7 Å². The number of carbonyl (C=O) groups is 1. The van der Waals surface area contributed by atoms with E-state index in [0.29, 0.717) is 23.7 Å². The van der Waals surface area contributed by atoms with Crippen LogP contribution in [0.5, 0.6) is 0 Å². The molecule has 1 amide bonds. The number of anilines is 1. The molecule has 0 spiro atoms. The normalized spacial score (nSPS) is 10.9. The lowest BCUT2D eigenvalue weighted by Crippen LogP contribution is -2.31. The van der Waals surface area contributed by atoms with Gasteiger partial charge in [-0.25, -0.2) is 4.39 Å². The molecule has 1 heterocycles. The fourth-order valence-electron chi connectivity index (χ4n) is 4.07. The lowest BCUT2D eigenvalue weighted by atomic mass is 10.1. The van der Waals surface area contributed by atoms with Crippen LogP contribution in [-0.4, -0.2) is 34.7 Å². The topological polar surface area (TPSA) is 41.4 Å². The summed E-state index contributed by atoms with van der Waals surface area (Å²) >= 11 is 6.04. The maximum absolute atomic E-state index is 13.6. The summed E-state index contributed by atoms with van der Waals surface area (Å²) in [5, 5.41) is 5.35. The molecule has 0 atom stereocenters. The van der Waals surface area contributed by atoms with E-state index in [0.717, 1.165) is 28.2 Å². The number of hydrogen-bond donors (Lipinski definition) is 0. The summed E-state index contributed by atoms with van der Waals surface area (Å²) < 4.78 is 15.3. The van der Waals surface area contributed by atoms with E-state index in [1.807, 2.05) is 61.1 Å². The molecule has 0 aliphatic rings. The zero-order chi connectivity index (χ0) is 24.2. The van der Waals surface area contributed by atoms with E-state index in [9.17, 15) is 9.18 Å². The first-order chi connectivity index (χ1) is 16.3. The quantitative estimate of drug-likeness (QED) is 0.339. The fraction of sp³-hybridized carbons (Fsp3) is 0.185. The highest BCUT2D eigenvalue weighted by atomic mass is 35.5. The largest absolute Gasteiger partial charge is 0.363 e. The van der Waals surface area contributed by atoms with Crippen molar-refractivity contribution in [3.63, 3.8) is 0 Å². The summed E-state index contributed by atoms with van der Waals surface area (Å²) in [6, 6.07) is 23.0. The van der Waals surface area contributed by atoms with Gasteiger partial charge in [0.15, 0.2) is 0 Å². The Morgan fingerprint density at radius 2 is 1.59 bits per heavy atom. The number of nitrogens with zero attached hydrogens (tertiary/aromatic N) is 4. The Balaban J connectivity index is 1.78. The van der Waals surface area contributed by atoms with Crippen LogP contribution in [-0.2, 0) is 20.1 Å². The van der Waals surface area contributed by atoms with Crippen LogP contribution in [0.3, 0.4) is 0 Å². The van der Waals surface area contributed by atoms with Gasteiger partial charge in [0, 0.05) is 49.4 Å². The predicted molar refractivity (Wildman–Crippen MR) is 134 cm³/mol. The molecule has 4 rings (SSSR count). The molecule has 0 bridgehead atoms. The van der Waals surface area contributed by atoms with Gasteiger partial charge in [0.1, 0.15) is 11.6 Å². The van der Waals surface area contributed by atoms with Crippen LogP contribution in [0.1, 0.15) is 21.5 Å². The molecule has 34 heavy (non-hydrogen) atoms. The second-order valence-corrected chi connectivity index (χ2v) is 8.77. The van der Waals surface area contributed by atoms with E-state index < -0.39 is 0 Å². The molecule has 0 fully saturated rings. The number of hydrogen-bond acceptors (Lipinski definition) is 3. The van der Waals surface area contributed by atoms with Crippen molar-refractivity contribution < 1.29 is 9.18 Å². The number of carbonyl (C=O) groups excluding carboxylic acids is 1. The molecule has 5 nitrogen and oxygen atoms in total.